The molecule has 1 aliphatic rings. The molecule has 29 heavy (non-hydrogen) atoms. The number of hydrogen-bond acceptors (Lipinski definition) is 0. The largest absolute Gasteiger partial charge is 0.203 e. The van der Waals surface area contributed by atoms with Crippen LogP contribution in [0.3, 0.4) is 0 Å². The van der Waals surface area contributed by atoms with E-state index in [9.17, 15) is 17.6 Å². The summed E-state index contributed by atoms with van der Waals surface area (Å²) < 4.78 is 56.9. The maximum absolute atomic E-state index is 14.4. The summed E-state index contributed by atoms with van der Waals surface area (Å²) in [5.74, 6) is -2.77. The zero-order valence-corrected chi connectivity index (χ0v) is 17.1. The first-order valence-electron chi connectivity index (χ1n) is 10.6. The third-order valence-electron chi connectivity index (χ3n) is 6.04. The zero-order chi connectivity index (χ0) is 21.0. The van der Waals surface area contributed by atoms with Crippen molar-refractivity contribution < 1.29 is 17.6 Å². The first-order chi connectivity index (χ1) is 14.0. The summed E-state index contributed by atoms with van der Waals surface area (Å²) in [5, 5.41) is 0. The average molecular weight is 404 g/mol. The fourth-order valence-electron chi connectivity index (χ4n) is 4.25. The van der Waals surface area contributed by atoms with Crippen molar-refractivity contribution in [2.75, 3.05) is 0 Å². The van der Waals surface area contributed by atoms with E-state index >= 15 is 0 Å². The monoisotopic (exact) mass is 404 g/mol. The molecular weight excluding hydrogens is 376 g/mol. The number of aryl methyl sites for hydroxylation is 2. The summed E-state index contributed by atoms with van der Waals surface area (Å²) in [6.45, 7) is 3.74. The van der Waals surface area contributed by atoms with Crippen LogP contribution in [0.25, 0.3) is 6.08 Å². The van der Waals surface area contributed by atoms with Crippen molar-refractivity contribution >= 4 is 6.08 Å². The summed E-state index contributed by atoms with van der Waals surface area (Å²) in [7, 11) is 0. The minimum atomic E-state index is -0.797. The molecule has 0 amide bonds. The molecule has 0 atom stereocenters. The highest BCUT2D eigenvalue weighted by molar-refractivity contribution is 5.51. The molecule has 0 aromatic heterocycles. The van der Waals surface area contributed by atoms with Crippen LogP contribution in [-0.2, 0) is 12.8 Å². The smallest absolute Gasteiger partial charge is 0.166 e. The van der Waals surface area contributed by atoms with Crippen LogP contribution in [0.2, 0.25) is 0 Å². The number of benzene rings is 2. The lowest BCUT2D eigenvalue weighted by atomic mass is 9.78. The summed E-state index contributed by atoms with van der Waals surface area (Å²) in [6.07, 6.45) is 8.46. The third-order valence-corrected chi connectivity index (χ3v) is 6.04. The second-order valence-electron chi connectivity index (χ2n) is 7.96. The highest BCUT2D eigenvalue weighted by atomic mass is 19.2. The van der Waals surface area contributed by atoms with E-state index < -0.39 is 23.3 Å². The lowest BCUT2D eigenvalue weighted by Crippen LogP contribution is -2.14. The van der Waals surface area contributed by atoms with Gasteiger partial charge in [0.05, 0.1) is 0 Å². The molecule has 1 aliphatic carbocycles. The Hall–Kier alpha value is -2.10. The number of halogens is 4. The lowest BCUT2D eigenvalue weighted by Gasteiger charge is -2.27. The molecule has 2 aromatic rings. The Morgan fingerprint density at radius 3 is 2.10 bits per heavy atom. The van der Waals surface area contributed by atoms with Crippen LogP contribution in [0.1, 0.15) is 74.1 Å². The van der Waals surface area contributed by atoms with Crippen LogP contribution in [0.4, 0.5) is 17.6 Å². The second-order valence-corrected chi connectivity index (χ2v) is 7.96. The van der Waals surface area contributed by atoms with Gasteiger partial charge in [0, 0.05) is 5.56 Å². The van der Waals surface area contributed by atoms with E-state index in [1.807, 2.05) is 13.0 Å². The molecule has 1 saturated carbocycles. The zero-order valence-electron chi connectivity index (χ0n) is 17.1. The Balaban J connectivity index is 1.65. The second kappa shape index (κ2) is 9.60. The van der Waals surface area contributed by atoms with Crippen LogP contribution in [0.5, 0.6) is 0 Å². The van der Waals surface area contributed by atoms with E-state index in [0.29, 0.717) is 29.5 Å². The van der Waals surface area contributed by atoms with Gasteiger partial charge in [0.1, 0.15) is 0 Å². The molecule has 0 bridgehead atoms. The van der Waals surface area contributed by atoms with Gasteiger partial charge in [-0.3, -0.25) is 0 Å². The van der Waals surface area contributed by atoms with Gasteiger partial charge in [-0.2, -0.15) is 0 Å². The van der Waals surface area contributed by atoms with Crippen molar-refractivity contribution in [1.82, 2.24) is 0 Å². The van der Waals surface area contributed by atoms with Crippen LogP contribution in [-0.4, -0.2) is 0 Å². The summed E-state index contributed by atoms with van der Waals surface area (Å²) in [5.41, 5.74) is 1.53. The summed E-state index contributed by atoms with van der Waals surface area (Å²) in [4.78, 5) is 0. The van der Waals surface area contributed by atoms with E-state index in [1.54, 1.807) is 37.3 Å². The van der Waals surface area contributed by atoms with Gasteiger partial charge in [0.15, 0.2) is 23.3 Å². The van der Waals surface area contributed by atoms with Crippen LogP contribution >= 0.6 is 0 Å². The molecule has 2 aromatic carbocycles. The van der Waals surface area contributed by atoms with Gasteiger partial charge in [-0.05, 0) is 67.1 Å². The average Bonchev–Trinajstić information content (AvgIpc) is 2.73. The Morgan fingerprint density at radius 2 is 1.45 bits per heavy atom. The molecule has 0 radical (unpaired) electrons. The highest BCUT2D eigenvalue weighted by Gasteiger charge is 2.25. The molecule has 0 heterocycles. The molecule has 4 heteroatoms. The molecular formula is C25H28F4. The van der Waals surface area contributed by atoms with Gasteiger partial charge in [0.25, 0.3) is 0 Å². The van der Waals surface area contributed by atoms with Crippen molar-refractivity contribution in [3.05, 3.63) is 75.9 Å². The molecule has 1 fully saturated rings. The van der Waals surface area contributed by atoms with E-state index in [1.165, 1.54) is 0 Å². The first kappa shape index (κ1) is 21.6. The number of rotatable bonds is 6. The van der Waals surface area contributed by atoms with E-state index in [-0.39, 0.29) is 17.4 Å². The fourth-order valence-corrected chi connectivity index (χ4v) is 4.25. The minimum Gasteiger partial charge on any atom is -0.203 e. The number of allylic oxidation sites excluding steroid dienone is 1. The van der Waals surface area contributed by atoms with Crippen molar-refractivity contribution in [1.29, 1.82) is 0 Å². The Kier molecular flexibility index (Phi) is 7.15. The maximum atomic E-state index is 14.4. The molecule has 0 nitrogen and oxygen atoms in total. The van der Waals surface area contributed by atoms with Gasteiger partial charge >= 0.3 is 0 Å². The van der Waals surface area contributed by atoms with E-state index in [0.717, 1.165) is 32.1 Å². The van der Waals surface area contributed by atoms with Crippen LogP contribution in [0.15, 0.2) is 30.3 Å². The topological polar surface area (TPSA) is 0 Å². The van der Waals surface area contributed by atoms with Gasteiger partial charge in [-0.1, -0.05) is 56.7 Å². The molecule has 0 N–H and O–H groups in total. The molecule has 0 aliphatic heterocycles. The highest BCUT2D eigenvalue weighted by Crippen LogP contribution is 2.38. The Labute approximate surface area is 170 Å². The first-order valence-corrected chi connectivity index (χ1v) is 10.6. The van der Waals surface area contributed by atoms with E-state index in [2.05, 4.69) is 0 Å². The van der Waals surface area contributed by atoms with Gasteiger partial charge < -0.3 is 0 Å². The SMILES string of the molecule is CCCc1ccc(C=CC2CCC(c3ccc(CC)c(F)c3F)CC2)c(F)c1F. The van der Waals surface area contributed by atoms with Gasteiger partial charge in [-0.25, -0.2) is 17.6 Å². The molecule has 156 valence electrons. The Bertz CT molecular complexity index is 877. The Morgan fingerprint density at radius 1 is 0.793 bits per heavy atom. The van der Waals surface area contributed by atoms with E-state index in [4.69, 9.17) is 0 Å². The third kappa shape index (κ3) is 4.73. The molecule has 0 saturated heterocycles. The van der Waals surface area contributed by atoms with Crippen molar-refractivity contribution in [2.24, 2.45) is 5.92 Å². The predicted octanol–water partition coefficient (Wildman–Crippen LogP) is 7.75. The predicted molar refractivity (Wildman–Crippen MR) is 110 cm³/mol. The number of hydrogen-bond donors (Lipinski definition) is 0. The van der Waals surface area contributed by atoms with Gasteiger partial charge in [-0.15, -0.1) is 0 Å². The normalized spacial score (nSPS) is 19.8. The minimum absolute atomic E-state index is 0.00237. The van der Waals surface area contributed by atoms with Crippen molar-refractivity contribution in [2.45, 2.75) is 64.7 Å². The standard InChI is InChI=1S/C25H28F4/c1-3-5-19-12-13-20(24(28)23(19)27)11-8-16-6-9-18(10-7-16)21-15-14-17(4-2)22(26)25(21)29/h8,11-16,18H,3-7,9-10H2,1-2H3. The molecule has 0 spiro atoms. The molecule has 0 unspecified atom stereocenters. The van der Waals surface area contributed by atoms with Crippen LogP contribution < -0.4 is 0 Å². The van der Waals surface area contributed by atoms with Crippen molar-refractivity contribution in [3.8, 4) is 0 Å². The maximum Gasteiger partial charge on any atom is 0.166 e. The lowest BCUT2D eigenvalue weighted by molar-refractivity contribution is 0.364. The molecule has 3 rings (SSSR count). The fraction of sp³-hybridized carbons (Fsp3) is 0.440. The summed E-state index contributed by atoms with van der Waals surface area (Å²) >= 11 is 0. The van der Waals surface area contributed by atoms with Crippen LogP contribution in [0, 0.1) is 29.2 Å². The quantitative estimate of drug-likeness (QED) is 0.432. The summed E-state index contributed by atoms with van der Waals surface area (Å²) in [6, 6.07) is 6.67. The van der Waals surface area contributed by atoms with Gasteiger partial charge in [0.2, 0.25) is 0 Å². The van der Waals surface area contributed by atoms with Crippen molar-refractivity contribution in [3.63, 3.8) is 0 Å².